The van der Waals surface area contributed by atoms with Crippen molar-refractivity contribution in [1.82, 2.24) is 4.90 Å². The molecule has 6 nitrogen and oxygen atoms in total. The molecule has 120 valence electrons. The van der Waals surface area contributed by atoms with Crippen LogP contribution in [-0.2, 0) is 14.8 Å². The van der Waals surface area contributed by atoms with Gasteiger partial charge in [0.2, 0.25) is 0 Å². The molecule has 2 heterocycles. The van der Waals surface area contributed by atoms with E-state index in [0.29, 0.717) is 15.7 Å². The summed E-state index contributed by atoms with van der Waals surface area (Å²) >= 11 is 11.9. The fourth-order valence-electron chi connectivity index (χ4n) is 2.18. The Morgan fingerprint density at radius 1 is 1.30 bits per heavy atom. The third kappa shape index (κ3) is 3.41. The molecular formula is C14H11Cl2N3O3S. The van der Waals surface area contributed by atoms with E-state index < -0.39 is 15.9 Å². The van der Waals surface area contributed by atoms with Crippen LogP contribution >= 0.6 is 23.2 Å². The highest BCUT2D eigenvalue weighted by molar-refractivity contribution is 7.90. The minimum atomic E-state index is -3.56. The molecule has 2 aliphatic heterocycles. The number of nitrogens with zero attached hydrogens (tertiary/aromatic N) is 2. The van der Waals surface area contributed by atoms with Gasteiger partial charge in [-0.3, -0.25) is 4.79 Å². The Balaban J connectivity index is 1.92. The number of fused-ring (bicyclic) bond motifs is 1. The summed E-state index contributed by atoms with van der Waals surface area (Å²) in [6.45, 7) is 0.250. The number of benzene rings is 1. The normalized spacial score (nSPS) is 18.8. The lowest BCUT2D eigenvalue weighted by Gasteiger charge is -2.28. The minimum Gasteiger partial charge on any atom is -0.331 e. The summed E-state index contributed by atoms with van der Waals surface area (Å²) in [7, 11) is -3.56. The molecule has 1 aromatic carbocycles. The molecule has 0 bridgehead atoms. The fraction of sp³-hybridized carbons (Fsp3) is 0.143. The molecule has 0 saturated heterocycles. The molecule has 1 amide bonds. The maximum Gasteiger partial charge on any atom is 0.259 e. The van der Waals surface area contributed by atoms with Crippen molar-refractivity contribution >= 4 is 50.7 Å². The Hall–Kier alpha value is -1.83. The van der Waals surface area contributed by atoms with Crippen LogP contribution in [0.1, 0.15) is 0 Å². The molecule has 23 heavy (non-hydrogen) atoms. The number of amidine groups is 1. The minimum absolute atomic E-state index is 0.0874. The smallest absolute Gasteiger partial charge is 0.259 e. The van der Waals surface area contributed by atoms with E-state index in [-0.39, 0.29) is 23.7 Å². The lowest BCUT2D eigenvalue weighted by molar-refractivity contribution is -0.112. The van der Waals surface area contributed by atoms with Crippen molar-refractivity contribution in [3.63, 3.8) is 0 Å². The molecule has 1 aromatic rings. The number of sulfonamides is 1. The molecule has 3 rings (SSSR count). The number of rotatable bonds is 2. The standard InChI is InChI=1S/C14H11Cl2N3O3S/c15-9-3-4-11(16)12(8-9)17-14(20)10-2-1-5-19-6-7-23(21,22)18-13(10)19/h1-5,8H,6-7H2,(H,17,20). The molecule has 0 atom stereocenters. The number of carbonyl (C=O) groups excluding carboxylic acids is 1. The fourth-order valence-corrected chi connectivity index (χ4v) is 3.50. The molecule has 0 unspecified atom stereocenters. The Kier molecular flexibility index (Phi) is 4.18. The number of hydrogen-bond donors (Lipinski definition) is 1. The van der Waals surface area contributed by atoms with E-state index in [9.17, 15) is 13.2 Å². The first-order chi connectivity index (χ1) is 10.9. The summed E-state index contributed by atoms with van der Waals surface area (Å²) in [4.78, 5) is 14.1. The van der Waals surface area contributed by atoms with Crippen LogP contribution in [0.25, 0.3) is 0 Å². The van der Waals surface area contributed by atoms with E-state index >= 15 is 0 Å². The number of amides is 1. The maximum atomic E-state index is 12.5. The lowest BCUT2D eigenvalue weighted by atomic mass is 10.1. The van der Waals surface area contributed by atoms with Crippen molar-refractivity contribution in [2.45, 2.75) is 0 Å². The van der Waals surface area contributed by atoms with Crippen LogP contribution in [0, 0.1) is 0 Å². The van der Waals surface area contributed by atoms with Crippen LogP contribution in [0.4, 0.5) is 5.69 Å². The number of halogens is 2. The summed E-state index contributed by atoms with van der Waals surface area (Å²) in [5.74, 6) is -0.496. The molecular weight excluding hydrogens is 361 g/mol. The van der Waals surface area contributed by atoms with Gasteiger partial charge in [0.15, 0.2) is 5.84 Å². The topological polar surface area (TPSA) is 78.8 Å². The second-order valence-electron chi connectivity index (χ2n) is 4.89. The van der Waals surface area contributed by atoms with Gasteiger partial charge < -0.3 is 10.2 Å². The summed E-state index contributed by atoms with van der Waals surface area (Å²) in [5, 5.41) is 3.36. The highest BCUT2D eigenvalue weighted by Crippen LogP contribution is 2.26. The number of anilines is 1. The van der Waals surface area contributed by atoms with Crippen molar-refractivity contribution in [1.29, 1.82) is 0 Å². The van der Waals surface area contributed by atoms with Gasteiger partial charge in [-0.25, -0.2) is 8.42 Å². The average Bonchev–Trinajstić information content (AvgIpc) is 2.49. The van der Waals surface area contributed by atoms with Crippen LogP contribution in [0.15, 0.2) is 46.5 Å². The SMILES string of the molecule is O=C(Nc1cc(Cl)ccc1Cl)C1=CC=CN2CCS(=O)(=O)N=C12. The molecule has 0 fully saturated rings. The zero-order valence-electron chi connectivity index (χ0n) is 11.7. The zero-order valence-corrected chi connectivity index (χ0v) is 14.0. The van der Waals surface area contributed by atoms with E-state index in [1.165, 1.54) is 12.1 Å². The van der Waals surface area contributed by atoms with Gasteiger partial charge >= 0.3 is 0 Å². The van der Waals surface area contributed by atoms with Crippen molar-refractivity contribution in [2.24, 2.45) is 4.40 Å². The second kappa shape index (κ2) is 5.99. The Morgan fingerprint density at radius 3 is 2.87 bits per heavy atom. The quantitative estimate of drug-likeness (QED) is 0.865. The molecule has 0 aliphatic carbocycles. The molecule has 0 spiro atoms. The van der Waals surface area contributed by atoms with Crippen molar-refractivity contribution in [3.8, 4) is 0 Å². The van der Waals surface area contributed by atoms with E-state index in [4.69, 9.17) is 23.2 Å². The van der Waals surface area contributed by atoms with Crippen LogP contribution in [0.2, 0.25) is 10.0 Å². The van der Waals surface area contributed by atoms with Crippen LogP contribution in [-0.4, -0.2) is 37.4 Å². The summed E-state index contributed by atoms with van der Waals surface area (Å²) < 4.78 is 27.1. The predicted molar refractivity (Wildman–Crippen MR) is 90.2 cm³/mol. The summed E-state index contributed by atoms with van der Waals surface area (Å²) in [6.07, 6.45) is 4.84. The van der Waals surface area contributed by atoms with Crippen molar-refractivity contribution < 1.29 is 13.2 Å². The molecule has 2 aliphatic rings. The molecule has 0 saturated carbocycles. The summed E-state index contributed by atoms with van der Waals surface area (Å²) in [6, 6.07) is 4.67. The van der Waals surface area contributed by atoms with Crippen LogP contribution < -0.4 is 5.32 Å². The van der Waals surface area contributed by atoms with Gasteiger partial charge in [0.05, 0.1) is 22.0 Å². The lowest BCUT2D eigenvalue weighted by Crippen LogP contribution is -2.40. The molecule has 9 heteroatoms. The monoisotopic (exact) mass is 371 g/mol. The first-order valence-corrected chi connectivity index (χ1v) is 8.97. The number of carbonyl (C=O) groups is 1. The van der Waals surface area contributed by atoms with Gasteiger partial charge in [-0.2, -0.15) is 0 Å². The number of nitrogens with one attached hydrogen (secondary N) is 1. The largest absolute Gasteiger partial charge is 0.331 e. The van der Waals surface area contributed by atoms with Gasteiger partial charge in [0.1, 0.15) is 0 Å². The average molecular weight is 372 g/mol. The van der Waals surface area contributed by atoms with Crippen LogP contribution in [0.3, 0.4) is 0 Å². The van der Waals surface area contributed by atoms with E-state index in [0.717, 1.165) is 0 Å². The predicted octanol–water partition coefficient (Wildman–Crippen LogP) is 2.43. The highest BCUT2D eigenvalue weighted by Gasteiger charge is 2.30. The molecule has 0 aromatic heterocycles. The Morgan fingerprint density at radius 2 is 2.09 bits per heavy atom. The first-order valence-electron chi connectivity index (χ1n) is 6.60. The highest BCUT2D eigenvalue weighted by atomic mass is 35.5. The third-order valence-corrected chi connectivity index (χ3v) is 4.99. The molecule has 1 N–H and O–H groups in total. The first kappa shape index (κ1) is 16.0. The van der Waals surface area contributed by atoms with Gasteiger partial charge in [0.25, 0.3) is 15.9 Å². The Labute approximate surface area is 143 Å². The second-order valence-corrected chi connectivity index (χ2v) is 7.49. The maximum absolute atomic E-state index is 12.5. The third-order valence-electron chi connectivity index (χ3n) is 3.28. The van der Waals surface area contributed by atoms with Gasteiger partial charge in [-0.15, -0.1) is 4.40 Å². The van der Waals surface area contributed by atoms with Crippen LogP contribution in [0.5, 0.6) is 0 Å². The number of hydrogen-bond acceptors (Lipinski definition) is 4. The number of allylic oxidation sites excluding steroid dienone is 2. The van der Waals surface area contributed by atoms with Crippen molar-refractivity contribution in [3.05, 3.63) is 52.2 Å². The van der Waals surface area contributed by atoms with Gasteiger partial charge in [-0.05, 0) is 30.4 Å². The zero-order chi connectivity index (χ0) is 16.6. The van der Waals surface area contributed by atoms with Gasteiger partial charge in [0, 0.05) is 17.8 Å². The van der Waals surface area contributed by atoms with Gasteiger partial charge in [-0.1, -0.05) is 23.2 Å². The van der Waals surface area contributed by atoms with Crippen molar-refractivity contribution in [2.75, 3.05) is 17.6 Å². The Bertz CT molecular complexity index is 875. The van der Waals surface area contributed by atoms with E-state index in [1.54, 1.807) is 29.3 Å². The van der Waals surface area contributed by atoms with E-state index in [1.807, 2.05) is 0 Å². The molecule has 0 radical (unpaired) electrons. The summed E-state index contributed by atoms with van der Waals surface area (Å²) in [5.41, 5.74) is 0.484. The van der Waals surface area contributed by atoms with E-state index in [2.05, 4.69) is 9.71 Å².